The fourth-order valence-corrected chi connectivity index (χ4v) is 2.11. The summed E-state index contributed by atoms with van der Waals surface area (Å²) < 4.78 is 1.07. The number of aromatic nitrogens is 2. The maximum absolute atomic E-state index is 5.45. The molecule has 0 unspecified atom stereocenters. The van der Waals surface area contributed by atoms with E-state index in [1.807, 2.05) is 24.3 Å². The van der Waals surface area contributed by atoms with Crippen LogP contribution in [0.2, 0.25) is 0 Å². The number of nitrogens with two attached hydrogens (primary N) is 1. The summed E-state index contributed by atoms with van der Waals surface area (Å²) in [4.78, 5) is 9.61. The quantitative estimate of drug-likeness (QED) is 0.946. The van der Waals surface area contributed by atoms with Crippen molar-refractivity contribution in [3.05, 3.63) is 46.8 Å². The summed E-state index contributed by atoms with van der Waals surface area (Å²) in [6, 6.07) is 8.08. The minimum atomic E-state index is 0.427. The van der Waals surface area contributed by atoms with E-state index in [9.17, 15) is 0 Å². The molecule has 2 aromatic rings. The number of hydrogen-bond acceptors (Lipinski definition) is 4. The summed E-state index contributed by atoms with van der Waals surface area (Å²) in [5.41, 5.74) is 6.26. The largest absolute Gasteiger partial charge is 0.325 e. The van der Waals surface area contributed by atoms with E-state index in [0.29, 0.717) is 6.54 Å². The van der Waals surface area contributed by atoms with Crippen molar-refractivity contribution >= 4 is 27.7 Å². The van der Waals surface area contributed by atoms with Crippen LogP contribution in [0.3, 0.4) is 0 Å². The number of nitrogens with zero attached hydrogens (tertiary/aromatic N) is 2. The van der Waals surface area contributed by atoms with Crippen LogP contribution < -0.4 is 5.73 Å². The molecule has 0 fully saturated rings. The Morgan fingerprint density at radius 2 is 1.88 bits per heavy atom. The zero-order valence-electron chi connectivity index (χ0n) is 8.43. The van der Waals surface area contributed by atoms with Crippen molar-refractivity contribution < 1.29 is 0 Å². The van der Waals surface area contributed by atoms with Crippen molar-refractivity contribution in [1.29, 1.82) is 0 Å². The maximum Gasteiger partial charge on any atom is 0.119 e. The zero-order chi connectivity index (χ0) is 11.4. The van der Waals surface area contributed by atoms with Gasteiger partial charge in [-0.3, -0.25) is 4.98 Å². The van der Waals surface area contributed by atoms with E-state index in [4.69, 9.17) is 5.73 Å². The molecule has 2 N–H and O–H groups in total. The molecule has 0 saturated carbocycles. The van der Waals surface area contributed by atoms with Crippen LogP contribution in [-0.4, -0.2) is 9.97 Å². The van der Waals surface area contributed by atoms with E-state index in [0.717, 1.165) is 20.1 Å². The first-order chi connectivity index (χ1) is 7.78. The van der Waals surface area contributed by atoms with Crippen LogP contribution in [-0.2, 0) is 6.54 Å². The minimum absolute atomic E-state index is 0.427. The normalized spacial score (nSPS) is 10.4. The van der Waals surface area contributed by atoms with Gasteiger partial charge >= 0.3 is 0 Å². The topological polar surface area (TPSA) is 51.8 Å². The second-order valence-corrected chi connectivity index (χ2v) is 5.12. The third kappa shape index (κ3) is 3.04. The average molecular weight is 296 g/mol. The Hall–Kier alpha value is -0.910. The molecule has 0 spiro atoms. The van der Waals surface area contributed by atoms with Gasteiger partial charge in [0.15, 0.2) is 0 Å². The van der Waals surface area contributed by atoms with E-state index in [1.54, 1.807) is 24.2 Å². The van der Waals surface area contributed by atoms with E-state index in [1.165, 1.54) is 0 Å². The van der Waals surface area contributed by atoms with Gasteiger partial charge in [-0.2, -0.15) is 0 Å². The summed E-state index contributed by atoms with van der Waals surface area (Å²) >= 11 is 4.98. The molecule has 1 aromatic heterocycles. The third-order valence-corrected chi connectivity index (χ3v) is 3.38. The Morgan fingerprint density at radius 1 is 1.12 bits per heavy atom. The molecule has 0 aliphatic carbocycles. The number of hydrogen-bond donors (Lipinski definition) is 1. The van der Waals surface area contributed by atoms with E-state index >= 15 is 0 Å². The summed E-state index contributed by atoms with van der Waals surface area (Å²) in [5.74, 6) is 0. The highest BCUT2D eigenvalue weighted by atomic mass is 79.9. The molecule has 0 saturated heterocycles. The van der Waals surface area contributed by atoms with Crippen LogP contribution in [0.1, 0.15) is 5.69 Å². The van der Waals surface area contributed by atoms with Crippen LogP contribution in [0.25, 0.3) is 0 Å². The Balaban J connectivity index is 2.11. The van der Waals surface area contributed by atoms with Gasteiger partial charge in [0.25, 0.3) is 0 Å². The van der Waals surface area contributed by atoms with Crippen molar-refractivity contribution in [2.24, 2.45) is 5.73 Å². The van der Waals surface area contributed by atoms with Gasteiger partial charge in [0.2, 0.25) is 0 Å². The summed E-state index contributed by atoms with van der Waals surface area (Å²) in [5, 5.41) is 0.875. The van der Waals surface area contributed by atoms with Crippen molar-refractivity contribution in [2.75, 3.05) is 0 Å². The Labute approximate surface area is 107 Å². The molecule has 16 heavy (non-hydrogen) atoms. The lowest BCUT2D eigenvalue weighted by molar-refractivity contribution is 0.923. The van der Waals surface area contributed by atoms with E-state index < -0.39 is 0 Å². The molecular weight excluding hydrogens is 286 g/mol. The van der Waals surface area contributed by atoms with Gasteiger partial charge in [-0.15, -0.1) is 0 Å². The predicted octanol–water partition coefficient (Wildman–Crippen LogP) is 2.85. The second kappa shape index (κ2) is 5.43. The Morgan fingerprint density at radius 3 is 2.44 bits per heavy atom. The highest BCUT2D eigenvalue weighted by Crippen LogP contribution is 2.26. The van der Waals surface area contributed by atoms with Gasteiger partial charge in [0.05, 0.1) is 18.1 Å². The van der Waals surface area contributed by atoms with Gasteiger partial charge in [-0.1, -0.05) is 27.7 Å². The Bertz CT molecular complexity index is 456. The molecule has 0 radical (unpaired) electrons. The lowest BCUT2D eigenvalue weighted by Gasteiger charge is -2.01. The Kier molecular flexibility index (Phi) is 3.93. The van der Waals surface area contributed by atoms with Crippen molar-refractivity contribution in [3.8, 4) is 0 Å². The molecule has 82 valence electrons. The minimum Gasteiger partial charge on any atom is -0.325 e. The monoisotopic (exact) mass is 295 g/mol. The first kappa shape index (κ1) is 11.6. The molecule has 5 heteroatoms. The van der Waals surface area contributed by atoms with E-state index in [-0.39, 0.29) is 0 Å². The van der Waals surface area contributed by atoms with Crippen molar-refractivity contribution in [2.45, 2.75) is 16.5 Å². The summed E-state index contributed by atoms with van der Waals surface area (Å²) in [6.45, 7) is 0.427. The fraction of sp³-hybridized carbons (Fsp3) is 0.0909. The molecule has 0 aliphatic rings. The van der Waals surface area contributed by atoms with Gasteiger partial charge in [-0.25, -0.2) is 4.98 Å². The smallest absolute Gasteiger partial charge is 0.119 e. The molecule has 0 aliphatic heterocycles. The molecular formula is C11H10BrN3S. The van der Waals surface area contributed by atoms with Crippen molar-refractivity contribution in [3.63, 3.8) is 0 Å². The zero-order valence-corrected chi connectivity index (χ0v) is 10.8. The average Bonchev–Trinajstić information content (AvgIpc) is 2.33. The van der Waals surface area contributed by atoms with Gasteiger partial charge in [0.1, 0.15) is 5.03 Å². The van der Waals surface area contributed by atoms with Gasteiger partial charge in [0, 0.05) is 15.9 Å². The lowest BCUT2D eigenvalue weighted by Crippen LogP contribution is -1.99. The highest BCUT2D eigenvalue weighted by Gasteiger charge is 1.99. The standard InChI is InChI=1S/C11H10BrN3S/c12-8-1-3-10(4-2-8)16-11-7-14-9(5-13)6-15-11/h1-4,6-7H,5,13H2. The van der Waals surface area contributed by atoms with Crippen LogP contribution in [0.15, 0.2) is 51.1 Å². The number of halogens is 1. The van der Waals surface area contributed by atoms with Crippen molar-refractivity contribution in [1.82, 2.24) is 9.97 Å². The SMILES string of the molecule is NCc1cnc(Sc2ccc(Br)cc2)cn1. The van der Waals surface area contributed by atoms with Crippen LogP contribution in [0.5, 0.6) is 0 Å². The van der Waals surface area contributed by atoms with Gasteiger partial charge < -0.3 is 5.73 Å². The molecule has 3 nitrogen and oxygen atoms in total. The van der Waals surface area contributed by atoms with Crippen LogP contribution in [0.4, 0.5) is 0 Å². The summed E-state index contributed by atoms with van der Waals surface area (Å²) in [7, 11) is 0. The molecule has 0 atom stereocenters. The highest BCUT2D eigenvalue weighted by molar-refractivity contribution is 9.10. The summed E-state index contributed by atoms with van der Waals surface area (Å²) in [6.07, 6.45) is 3.45. The number of benzene rings is 1. The third-order valence-electron chi connectivity index (χ3n) is 1.93. The molecule has 0 amide bonds. The van der Waals surface area contributed by atoms with Crippen LogP contribution >= 0.6 is 27.7 Å². The second-order valence-electron chi connectivity index (χ2n) is 3.11. The first-order valence-corrected chi connectivity index (χ1v) is 6.33. The molecule has 1 aromatic carbocycles. The molecule has 2 rings (SSSR count). The maximum atomic E-state index is 5.45. The molecule has 0 bridgehead atoms. The van der Waals surface area contributed by atoms with Gasteiger partial charge in [-0.05, 0) is 24.3 Å². The van der Waals surface area contributed by atoms with Crippen LogP contribution in [0, 0.1) is 0 Å². The number of rotatable bonds is 3. The predicted molar refractivity (Wildman–Crippen MR) is 68.2 cm³/mol. The first-order valence-electron chi connectivity index (χ1n) is 4.72. The van der Waals surface area contributed by atoms with E-state index in [2.05, 4.69) is 25.9 Å². The lowest BCUT2D eigenvalue weighted by atomic mass is 10.4. The molecule has 1 heterocycles. The fourth-order valence-electron chi connectivity index (χ4n) is 1.12.